The van der Waals surface area contributed by atoms with Gasteiger partial charge >= 0.3 is 0 Å². The number of methoxy groups -OCH3 is 1. The van der Waals surface area contributed by atoms with Crippen LogP contribution in [0, 0.1) is 0 Å². The van der Waals surface area contributed by atoms with Gasteiger partial charge in [0.25, 0.3) is 5.56 Å². The van der Waals surface area contributed by atoms with E-state index in [0.717, 1.165) is 19.4 Å². The number of likely N-dealkylation sites (tertiary alicyclic amines) is 1. The van der Waals surface area contributed by atoms with Crippen LogP contribution in [0.3, 0.4) is 0 Å². The van der Waals surface area contributed by atoms with Crippen molar-refractivity contribution in [2.45, 2.75) is 37.4 Å². The van der Waals surface area contributed by atoms with Gasteiger partial charge in [-0.1, -0.05) is 30.0 Å². The summed E-state index contributed by atoms with van der Waals surface area (Å²) < 4.78 is 6.90. The second kappa shape index (κ2) is 8.92. The molecule has 0 aliphatic carbocycles. The number of carbonyl (C=O) groups is 1. The second-order valence-electron chi connectivity index (χ2n) is 7.47. The molecule has 2 heterocycles. The van der Waals surface area contributed by atoms with E-state index < -0.39 is 0 Å². The fourth-order valence-electron chi connectivity index (χ4n) is 3.86. The smallest absolute Gasteiger partial charge is 0.266 e. The number of para-hydroxylation sites is 1. The van der Waals surface area contributed by atoms with Crippen LogP contribution in [0.4, 0.5) is 0 Å². The third kappa shape index (κ3) is 4.07. The van der Waals surface area contributed by atoms with E-state index in [9.17, 15) is 9.59 Å². The minimum absolute atomic E-state index is 0.0896. The van der Waals surface area contributed by atoms with E-state index in [-0.39, 0.29) is 23.3 Å². The zero-order chi connectivity index (χ0) is 21.1. The summed E-state index contributed by atoms with van der Waals surface area (Å²) >= 11 is 1.31. The summed E-state index contributed by atoms with van der Waals surface area (Å²) in [7, 11) is 1.59. The minimum Gasteiger partial charge on any atom is -0.497 e. The Labute approximate surface area is 179 Å². The molecule has 1 amide bonds. The lowest BCUT2D eigenvalue weighted by atomic mass is 10.0. The Balaban J connectivity index is 1.72. The van der Waals surface area contributed by atoms with Crippen molar-refractivity contribution < 1.29 is 9.53 Å². The summed E-state index contributed by atoms with van der Waals surface area (Å²) in [5.41, 5.74) is 1.14. The van der Waals surface area contributed by atoms with Gasteiger partial charge in [0.05, 0.1) is 29.5 Å². The number of benzene rings is 2. The molecule has 1 aliphatic heterocycles. The van der Waals surface area contributed by atoms with Crippen molar-refractivity contribution in [1.82, 2.24) is 14.5 Å². The van der Waals surface area contributed by atoms with Gasteiger partial charge in [0.2, 0.25) is 5.91 Å². The molecule has 2 aromatic carbocycles. The molecule has 0 radical (unpaired) electrons. The topological polar surface area (TPSA) is 64.4 Å². The Kier molecular flexibility index (Phi) is 6.08. The number of rotatable bonds is 5. The molecule has 0 spiro atoms. The largest absolute Gasteiger partial charge is 0.497 e. The standard InChI is InChI=1S/C23H25N3O3S/c1-16-8-5-6-13-25(16)21(27)15-30-23-24-20-12-4-3-11-19(20)22(28)26(23)17-9-7-10-18(14-17)29-2/h3-4,7,9-12,14,16H,5-6,8,13,15H2,1-2H3/t16-/m1/s1. The van der Waals surface area contributed by atoms with Gasteiger partial charge in [0.1, 0.15) is 5.75 Å². The molecule has 1 aliphatic rings. The van der Waals surface area contributed by atoms with E-state index in [1.807, 2.05) is 41.3 Å². The molecule has 6 nitrogen and oxygen atoms in total. The van der Waals surface area contributed by atoms with Gasteiger partial charge < -0.3 is 9.64 Å². The number of nitrogens with zero attached hydrogens (tertiary/aromatic N) is 3. The molecule has 1 aromatic heterocycles. The van der Waals surface area contributed by atoms with Gasteiger partial charge in [0, 0.05) is 18.7 Å². The van der Waals surface area contributed by atoms with Crippen LogP contribution >= 0.6 is 11.8 Å². The van der Waals surface area contributed by atoms with Crippen LogP contribution in [0.1, 0.15) is 26.2 Å². The third-order valence-electron chi connectivity index (χ3n) is 5.50. The first-order valence-corrected chi connectivity index (χ1v) is 11.2. The van der Waals surface area contributed by atoms with Gasteiger partial charge in [0.15, 0.2) is 5.16 Å². The number of carbonyl (C=O) groups excluding carboxylic acids is 1. The number of amides is 1. The molecule has 0 unspecified atom stereocenters. The van der Waals surface area contributed by atoms with Crippen molar-refractivity contribution in [3.05, 3.63) is 58.9 Å². The number of fused-ring (bicyclic) bond motifs is 1. The Morgan fingerprint density at radius 3 is 2.83 bits per heavy atom. The Bertz CT molecular complexity index is 1130. The van der Waals surface area contributed by atoms with Crippen molar-refractivity contribution in [2.24, 2.45) is 0 Å². The summed E-state index contributed by atoms with van der Waals surface area (Å²) in [6.07, 6.45) is 3.25. The monoisotopic (exact) mass is 423 g/mol. The predicted octanol–water partition coefficient (Wildman–Crippen LogP) is 3.89. The Morgan fingerprint density at radius 1 is 1.20 bits per heavy atom. The zero-order valence-electron chi connectivity index (χ0n) is 17.2. The summed E-state index contributed by atoms with van der Waals surface area (Å²) in [6, 6.07) is 14.9. The first-order valence-electron chi connectivity index (χ1n) is 10.2. The molecule has 3 aromatic rings. The molecule has 1 saturated heterocycles. The number of thioether (sulfide) groups is 1. The fraction of sp³-hybridized carbons (Fsp3) is 0.348. The van der Waals surface area contributed by atoms with Crippen molar-refractivity contribution in [3.63, 3.8) is 0 Å². The van der Waals surface area contributed by atoms with Gasteiger partial charge in [-0.25, -0.2) is 4.98 Å². The SMILES string of the molecule is COc1cccc(-n2c(SCC(=O)N3CCCC[C@H]3C)nc3ccccc3c2=O)c1. The van der Waals surface area contributed by atoms with Crippen LogP contribution in [0.15, 0.2) is 58.5 Å². The Hall–Kier alpha value is -2.80. The summed E-state index contributed by atoms with van der Waals surface area (Å²) in [5, 5.41) is 1.05. The van der Waals surface area contributed by atoms with E-state index in [1.165, 1.54) is 18.2 Å². The van der Waals surface area contributed by atoms with Crippen LogP contribution < -0.4 is 10.3 Å². The van der Waals surface area contributed by atoms with Gasteiger partial charge in [-0.05, 0) is 50.5 Å². The van der Waals surface area contributed by atoms with Gasteiger partial charge in [-0.2, -0.15) is 0 Å². The molecule has 4 rings (SSSR count). The van der Waals surface area contributed by atoms with E-state index >= 15 is 0 Å². The van der Waals surface area contributed by atoms with Crippen LogP contribution in [0.25, 0.3) is 16.6 Å². The van der Waals surface area contributed by atoms with Crippen LogP contribution in [-0.4, -0.2) is 45.8 Å². The normalized spacial score (nSPS) is 16.6. The van der Waals surface area contributed by atoms with Gasteiger partial charge in [-0.15, -0.1) is 0 Å². The lowest BCUT2D eigenvalue weighted by Crippen LogP contribution is -2.43. The highest BCUT2D eigenvalue weighted by Gasteiger charge is 2.24. The highest BCUT2D eigenvalue weighted by atomic mass is 32.2. The molecule has 156 valence electrons. The van der Waals surface area contributed by atoms with Crippen molar-refractivity contribution in [2.75, 3.05) is 19.4 Å². The first kappa shape index (κ1) is 20.5. The first-order chi connectivity index (χ1) is 14.6. The quantitative estimate of drug-likeness (QED) is 0.460. The molecular formula is C23H25N3O3S. The molecule has 30 heavy (non-hydrogen) atoms. The zero-order valence-corrected chi connectivity index (χ0v) is 18.0. The van der Waals surface area contributed by atoms with E-state index in [0.29, 0.717) is 27.5 Å². The average molecular weight is 424 g/mol. The van der Waals surface area contributed by atoms with Crippen LogP contribution in [0.2, 0.25) is 0 Å². The number of piperidine rings is 1. The van der Waals surface area contributed by atoms with E-state index in [4.69, 9.17) is 9.72 Å². The van der Waals surface area contributed by atoms with E-state index in [2.05, 4.69) is 6.92 Å². The van der Waals surface area contributed by atoms with E-state index in [1.54, 1.807) is 23.8 Å². The van der Waals surface area contributed by atoms with Crippen LogP contribution in [0.5, 0.6) is 5.75 Å². The molecule has 1 fully saturated rings. The van der Waals surface area contributed by atoms with Crippen LogP contribution in [-0.2, 0) is 4.79 Å². The molecular weight excluding hydrogens is 398 g/mol. The number of hydrogen-bond donors (Lipinski definition) is 0. The summed E-state index contributed by atoms with van der Waals surface area (Å²) in [6.45, 7) is 2.90. The highest BCUT2D eigenvalue weighted by Crippen LogP contribution is 2.25. The van der Waals surface area contributed by atoms with Crippen molar-refractivity contribution >= 4 is 28.6 Å². The minimum atomic E-state index is -0.157. The van der Waals surface area contributed by atoms with Gasteiger partial charge in [-0.3, -0.25) is 14.2 Å². The van der Waals surface area contributed by atoms with Crippen molar-refractivity contribution in [1.29, 1.82) is 0 Å². The molecule has 0 saturated carbocycles. The number of hydrogen-bond acceptors (Lipinski definition) is 5. The maximum atomic E-state index is 13.3. The molecule has 0 N–H and O–H groups in total. The highest BCUT2D eigenvalue weighted by molar-refractivity contribution is 7.99. The predicted molar refractivity (Wildman–Crippen MR) is 120 cm³/mol. The fourth-order valence-corrected chi connectivity index (χ4v) is 4.76. The lowest BCUT2D eigenvalue weighted by molar-refractivity contribution is -0.131. The molecule has 7 heteroatoms. The third-order valence-corrected chi connectivity index (χ3v) is 6.43. The summed E-state index contributed by atoms with van der Waals surface area (Å²) in [5.74, 6) is 0.993. The second-order valence-corrected chi connectivity index (χ2v) is 8.42. The van der Waals surface area contributed by atoms with Crippen molar-refractivity contribution in [3.8, 4) is 11.4 Å². The average Bonchev–Trinajstić information content (AvgIpc) is 2.78. The lowest BCUT2D eigenvalue weighted by Gasteiger charge is -2.33. The Morgan fingerprint density at radius 2 is 2.03 bits per heavy atom. The number of aromatic nitrogens is 2. The molecule has 0 bridgehead atoms. The maximum Gasteiger partial charge on any atom is 0.266 e. The maximum absolute atomic E-state index is 13.3. The molecule has 1 atom stereocenters. The summed E-state index contributed by atoms with van der Waals surface area (Å²) in [4.78, 5) is 32.8. The number of ether oxygens (including phenoxy) is 1.